The minimum absolute atomic E-state index is 0.00365. The lowest BCUT2D eigenvalue weighted by Crippen LogP contribution is -2.19. The second-order valence-corrected chi connectivity index (χ2v) is 8.24. The molecule has 2 rings (SSSR count). The van der Waals surface area contributed by atoms with Crippen LogP contribution in [0.4, 0.5) is 13.2 Å². The molecule has 0 aromatic heterocycles. The van der Waals surface area contributed by atoms with Crippen molar-refractivity contribution in [3.8, 4) is 11.5 Å². The van der Waals surface area contributed by atoms with Crippen molar-refractivity contribution in [2.24, 2.45) is 0 Å². The molecule has 0 amide bonds. The molecule has 0 saturated heterocycles. The Labute approximate surface area is 196 Å². The molecule has 186 valence electrons. The summed E-state index contributed by atoms with van der Waals surface area (Å²) in [4.78, 5) is 25.8. The van der Waals surface area contributed by atoms with Crippen molar-refractivity contribution in [1.29, 1.82) is 0 Å². The maximum atomic E-state index is 13.1. The van der Waals surface area contributed by atoms with Crippen LogP contribution in [0.15, 0.2) is 6.07 Å². The monoisotopic (exact) mass is 482 g/mol. The van der Waals surface area contributed by atoms with E-state index in [1.807, 2.05) is 0 Å². The van der Waals surface area contributed by atoms with Crippen LogP contribution in [-0.2, 0) is 15.9 Å². The number of benzene rings is 2. The molecule has 9 heteroatoms. The SMILES string of the molecule is COCOC(=O)c1c(C)c(C)c(OC(=O)c2c(C)cc(O)c(C)c2C)c(C)c1CCC(F)(F)F. The topological polar surface area (TPSA) is 82.1 Å². The number of rotatable bonds is 7. The number of esters is 2. The van der Waals surface area contributed by atoms with Crippen molar-refractivity contribution in [1.82, 2.24) is 0 Å². The Morgan fingerprint density at radius 1 is 0.882 bits per heavy atom. The molecule has 0 unspecified atom stereocenters. The molecule has 0 aliphatic carbocycles. The molecule has 0 heterocycles. The number of hydrogen-bond donors (Lipinski definition) is 1. The van der Waals surface area contributed by atoms with Crippen LogP contribution in [0.1, 0.15) is 66.1 Å². The number of aromatic hydroxyl groups is 1. The number of halogens is 3. The van der Waals surface area contributed by atoms with Gasteiger partial charge in [0.05, 0.1) is 11.1 Å². The molecule has 0 bridgehead atoms. The number of phenols is 1. The molecular formula is C25H29F3O6. The number of carbonyl (C=O) groups is 2. The molecule has 6 nitrogen and oxygen atoms in total. The van der Waals surface area contributed by atoms with Crippen LogP contribution in [0.25, 0.3) is 0 Å². The van der Waals surface area contributed by atoms with Gasteiger partial charge in [-0.2, -0.15) is 13.2 Å². The number of hydrogen-bond acceptors (Lipinski definition) is 6. The van der Waals surface area contributed by atoms with E-state index in [0.29, 0.717) is 27.8 Å². The number of ether oxygens (including phenoxy) is 3. The molecule has 0 aliphatic heterocycles. The molecular weight excluding hydrogens is 453 g/mol. The highest BCUT2D eigenvalue weighted by Crippen LogP contribution is 2.37. The first kappa shape index (κ1) is 27.2. The molecule has 0 atom stereocenters. The second-order valence-electron chi connectivity index (χ2n) is 8.24. The van der Waals surface area contributed by atoms with Gasteiger partial charge in [-0.1, -0.05) is 0 Å². The van der Waals surface area contributed by atoms with E-state index in [4.69, 9.17) is 14.2 Å². The molecule has 2 aromatic carbocycles. The van der Waals surface area contributed by atoms with Gasteiger partial charge in [0.15, 0.2) is 6.79 Å². The van der Waals surface area contributed by atoms with Crippen LogP contribution in [-0.4, -0.2) is 37.1 Å². The summed E-state index contributed by atoms with van der Waals surface area (Å²) in [6.07, 6.45) is -6.11. The van der Waals surface area contributed by atoms with E-state index in [-0.39, 0.29) is 40.5 Å². The molecule has 0 radical (unpaired) electrons. The van der Waals surface area contributed by atoms with Crippen molar-refractivity contribution >= 4 is 11.9 Å². The van der Waals surface area contributed by atoms with Crippen molar-refractivity contribution < 1.29 is 42.1 Å². The third-order valence-electron chi connectivity index (χ3n) is 6.01. The normalized spacial score (nSPS) is 11.5. The van der Waals surface area contributed by atoms with Crippen molar-refractivity contribution in [3.63, 3.8) is 0 Å². The van der Waals surface area contributed by atoms with E-state index in [9.17, 15) is 27.9 Å². The van der Waals surface area contributed by atoms with Gasteiger partial charge in [-0.25, -0.2) is 9.59 Å². The lowest BCUT2D eigenvalue weighted by atomic mass is 9.89. The fraction of sp³-hybridized carbons (Fsp3) is 0.440. The zero-order chi connectivity index (χ0) is 26.0. The molecule has 0 aliphatic rings. The van der Waals surface area contributed by atoms with Crippen molar-refractivity contribution in [3.05, 3.63) is 56.1 Å². The fourth-order valence-corrected chi connectivity index (χ4v) is 3.90. The molecule has 2 aromatic rings. The van der Waals surface area contributed by atoms with Gasteiger partial charge < -0.3 is 19.3 Å². The number of carbonyl (C=O) groups excluding carboxylic acids is 2. The average molecular weight is 482 g/mol. The maximum Gasteiger partial charge on any atom is 0.389 e. The quantitative estimate of drug-likeness (QED) is 0.309. The van der Waals surface area contributed by atoms with E-state index in [1.54, 1.807) is 34.6 Å². The number of methoxy groups -OCH3 is 1. The third-order valence-corrected chi connectivity index (χ3v) is 6.01. The van der Waals surface area contributed by atoms with Gasteiger partial charge in [0.2, 0.25) is 0 Å². The van der Waals surface area contributed by atoms with Gasteiger partial charge >= 0.3 is 18.1 Å². The van der Waals surface area contributed by atoms with E-state index in [0.717, 1.165) is 0 Å². The van der Waals surface area contributed by atoms with Gasteiger partial charge in [-0.15, -0.1) is 0 Å². The minimum Gasteiger partial charge on any atom is -0.508 e. The van der Waals surface area contributed by atoms with Crippen LogP contribution < -0.4 is 4.74 Å². The van der Waals surface area contributed by atoms with Crippen LogP contribution >= 0.6 is 0 Å². The lowest BCUT2D eigenvalue weighted by Gasteiger charge is -2.22. The molecule has 0 fully saturated rings. The highest BCUT2D eigenvalue weighted by molar-refractivity contribution is 5.97. The predicted molar refractivity (Wildman–Crippen MR) is 120 cm³/mol. The van der Waals surface area contributed by atoms with E-state index in [2.05, 4.69) is 0 Å². The van der Waals surface area contributed by atoms with E-state index >= 15 is 0 Å². The number of phenolic OH excluding ortho intramolecular Hbond substituents is 1. The van der Waals surface area contributed by atoms with Crippen molar-refractivity contribution in [2.45, 2.75) is 60.6 Å². The van der Waals surface area contributed by atoms with E-state index in [1.165, 1.54) is 20.1 Å². The summed E-state index contributed by atoms with van der Waals surface area (Å²) in [6.45, 7) is 9.32. The van der Waals surface area contributed by atoms with Gasteiger partial charge in [0.25, 0.3) is 0 Å². The first-order chi connectivity index (χ1) is 15.7. The van der Waals surface area contributed by atoms with Crippen LogP contribution in [0, 0.1) is 41.5 Å². The molecule has 34 heavy (non-hydrogen) atoms. The Morgan fingerprint density at radius 2 is 1.47 bits per heavy atom. The first-order valence-corrected chi connectivity index (χ1v) is 10.6. The Kier molecular flexibility index (Phi) is 8.36. The fourth-order valence-electron chi connectivity index (χ4n) is 3.90. The summed E-state index contributed by atoms with van der Waals surface area (Å²) in [7, 11) is 1.32. The smallest absolute Gasteiger partial charge is 0.389 e. The Bertz CT molecular complexity index is 1120. The Balaban J connectivity index is 2.63. The summed E-state index contributed by atoms with van der Waals surface area (Å²) in [6, 6.07) is 1.45. The average Bonchev–Trinajstić information content (AvgIpc) is 2.74. The number of aryl methyl sites for hydroxylation is 1. The predicted octanol–water partition coefficient (Wildman–Crippen LogP) is 5.72. The van der Waals surface area contributed by atoms with Crippen LogP contribution in [0.5, 0.6) is 11.5 Å². The number of alkyl halides is 3. The molecule has 1 N–H and O–H groups in total. The minimum atomic E-state index is -4.45. The Hall–Kier alpha value is -3.07. The summed E-state index contributed by atoms with van der Waals surface area (Å²) < 4.78 is 54.6. The maximum absolute atomic E-state index is 13.1. The van der Waals surface area contributed by atoms with Crippen molar-refractivity contribution in [2.75, 3.05) is 13.9 Å². The van der Waals surface area contributed by atoms with Crippen LogP contribution in [0.2, 0.25) is 0 Å². The largest absolute Gasteiger partial charge is 0.508 e. The standard InChI is InChI=1S/C25H29F3O6/c1-12-10-19(29)13(2)14(3)20(12)24(31)34-22-16(5)15(4)21(23(30)33-11-32-7)18(17(22)6)8-9-25(26,27)28/h10,29H,8-9,11H2,1-7H3. The lowest BCUT2D eigenvalue weighted by molar-refractivity contribution is -0.134. The third kappa shape index (κ3) is 5.70. The van der Waals surface area contributed by atoms with Crippen LogP contribution in [0.3, 0.4) is 0 Å². The summed E-state index contributed by atoms with van der Waals surface area (Å²) in [5.41, 5.74) is 2.93. The summed E-state index contributed by atoms with van der Waals surface area (Å²) in [5, 5.41) is 10.0. The zero-order valence-corrected chi connectivity index (χ0v) is 20.3. The molecule has 0 spiro atoms. The summed E-state index contributed by atoms with van der Waals surface area (Å²) in [5.74, 6) is -1.39. The van der Waals surface area contributed by atoms with Gasteiger partial charge in [-0.05, 0) is 93.0 Å². The summed E-state index contributed by atoms with van der Waals surface area (Å²) >= 11 is 0. The molecule has 0 saturated carbocycles. The van der Waals surface area contributed by atoms with E-state index < -0.39 is 31.0 Å². The Morgan fingerprint density at radius 3 is 2.03 bits per heavy atom. The highest BCUT2D eigenvalue weighted by Gasteiger charge is 2.31. The van der Waals surface area contributed by atoms with Gasteiger partial charge in [-0.3, -0.25) is 0 Å². The van der Waals surface area contributed by atoms with Gasteiger partial charge in [0.1, 0.15) is 11.5 Å². The first-order valence-electron chi connectivity index (χ1n) is 10.6. The zero-order valence-electron chi connectivity index (χ0n) is 20.3. The van der Waals surface area contributed by atoms with Gasteiger partial charge in [0, 0.05) is 13.5 Å². The second kappa shape index (κ2) is 10.5. The highest BCUT2D eigenvalue weighted by atomic mass is 19.4.